The molecule has 4 bridgehead atoms. The SMILES string of the molecule is CC(=O)N[C@H]1CSCCC(=O)N2CN3CN(C2)C(=O)CCSC[C@H](NC(=O)[C@H](CC(=O)O)NC(=O)[C@H](CCC(=O)O)NC(=O)[C@H](CC(C)C)NC(=O)[C@H](Cc2c[nH]c4ccccc24)NC(=O)[C@H](CCC(N)=O)NC1=O)C(=O)N[C@@H](Cc1c[nH]c2ccccc12)C(=O)N[C@@H](CCCNC(=N)N)C(=O)NCC(=O)N[C@@H](Cc1ccc(C#N)cc1)C(=O)N[C@H](C(N)=O)CSCCC3=O. The molecule has 0 unspecified atom stereocenters. The minimum Gasteiger partial charge on any atom is -0.481 e. The molecule has 2 aromatic heterocycles. The Morgan fingerprint density at radius 2 is 0.969 bits per heavy atom. The summed E-state index contributed by atoms with van der Waals surface area (Å²) < 4.78 is 0. The molecule has 24 N–H and O–H groups in total. The van der Waals surface area contributed by atoms with Crippen LogP contribution in [0.5, 0.6) is 0 Å². The summed E-state index contributed by atoms with van der Waals surface area (Å²) in [6.07, 6.45) is -3.43. The molecule has 3 saturated heterocycles. The Kier molecular flexibility index (Phi) is 39.4. The molecular weight excluding hydrogens is 1750 g/mol. The highest BCUT2D eigenvalue weighted by Gasteiger charge is 2.40. The number of aromatic nitrogens is 2. The number of carbonyl (C=O) groups excluding carboxylic acids is 17. The number of nitrogens with one attached hydrogen (secondary N) is 16. The van der Waals surface area contributed by atoms with Gasteiger partial charge in [0.15, 0.2) is 5.96 Å². The van der Waals surface area contributed by atoms with Crippen molar-refractivity contribution in [2.24, 2.45) is 23.1 Å². The van der Waals surface area contributed by atoms with E-state index in [9.17, 15) is 87.4 Å². The molecule has 11 atom stereocenters. The Hall–Kier alpha value is -13.5. The lowest BCUT2D eigenvalue weighted by atomic mass is 9.99. The van der Waals surface area contributed by atoms with Crippen molar-refractivity contribution in [2.45, 2.75) is 177 Å². The predicted molar refractivity (Wildman–Crippen MR) is 475 cm³/mol. The summed E-state index contributed by atoms with van der Waals surface area (Å²) in [5.41, 5.74) is 19.7. The van der Waals surface area contributed by atoms with E-state index in [-0.39, 0.29) is 85.8 Å². The van der Waals surface area contributed by atoms with Gasteiger partial charge in [0.1, 0.15) is 66.5 Å². The summed E-state index contributed by atoms with van der Waals surface area (Å²) in [7, 11) is 0. The van der Waals surface area contributed by atoms with Gasteiger partial charge in [0.05, 0.1) is 44.6 Å². The molecule has 5 heterocycles. The van der Waals surface area contributed by atoms with Crippen molar-refractivity contribution in [3.05, 3.63) is 107 Å². The zero-order valence-electron chi connectivity index (χ0n) is 71.6. The first-order valence-corrected chi connectivity index (χ1v) is 45.2. The van der Waals surface area contributed by atoms with Gasteiger partial charge in [-0.25, -0.2) is 0 Å². The summed E-state index contributed by atoms with van der Waals surface area (Å²) in [4.78, 5) is 281. The number of hydrogen-bond donors (Lipinski definition) is 21. The number of nitriles is 1. The number of thioether (sulfide) groups is 3. The normalized spacial score (nSPS) is 23.0. The van der Waals surface area contributed by atoms with Crippen molar-refractivity contribution in [1.29, 1.82) is 10.7 Å². The Balaban J connectivity index is 1.23. The highest BCUT2D eigenvalue weighted by Crippen LogP contribution is 2.24. The second kappa shape index (κ2) is 50.3. The Morgan fingerprint density at radius 1 is 0.515 bits per heavy atom. The number of aromatic amines is 2. The Bertz CT molecular complexity index is 5050. The van der Waals surface area contributed by atoms with E-state index in [1.165, 1.54) is 40.3 Å². The Morgan fingerprint density at radius 3 is 1.48 bits per heavy atom. The van der Waals surface area contributed by atoms with Crippen LogP contribution in [0.4, 0.5) is 0 Å². The van der Waals surface area contributed by atoms with E-state index in [4.69, 9.17) is 22.6 Å². The number of nitrogens with zero attached hydrogens (tertiary/aromatic N) is 4. The number of carboxylic acid groups (broad SMARTS) is 2. The maximum absolute atomic E-state index is 15.5. The van der Waals surface area contributed by atoms with Gasteiger partial charge in [0.2, 0.25) is 100 Å². The fraction of sp³-hybridized carbons (Fsp3) is 0.482. The summed E-state index contributed by atoms with van der Waals surface area (Å²) in [5, 5.41) is 71.8. The summed E-state index contributed by atoms with van der Waals surface area (Å²) >= 11 is 2.81. The van der Waals surface area contributed by atoms with Gasteiger partial charge in [-0.2, -0.15) is 40.5 Å². The van der Waals surface area contributed by atoms with Crippen molar-refractivity contribution in [3.8, 4) is 6.07 Å². The topological polar surface area (TPSA) is 688 Å². The van der Waals surface area contributed by atoms with Crippen molar-refractivity contribution < 1.29 is 101 Å². The van der Waals surface area contributed by atoms with E-state index in [1.807, 2.05) is 6.07 Å². The number of primary amides is 2. The standard InChI is InChI=1S/C83H109N23O21S3/c1-44(2)29-57-76(121)96-56(19-21-70(113)114)75(120)101-61(33-71(115)116)80(125)103-64-40-130-28-24-69(112)106-42-104(41-105(43-106)68(111)23-27-129-39-63(93-45(3)107)81(126)97-55(18-20-65(85)108)74(119)99-60(79(124)98-57)32-49-36-91-53-12-7-5-10-51(49)53)67(110)22-26-128-38-62(72(86)117)102-77(122)58(30-46-14-16-47(34-84)17-15-46)94-66(109)37-92-73(118)54(13-8-25-89-83(87)88)95-78(123)59(100-82(64)127)31-48-35-90-52-11-6-4-9-50(48)52/h4-7,9-12,14-17,35-36,44,54-64,90-91H,8,13,18-33,37-43H2,1-3H3,(H2,85,108)(H2,86,117)(H,92,118)(H,93,107)(H,94,109)(H,95,123)(H,96,121)(H,97,126)(H,98,124)(H,99,119)(H,100,127)(H,101,120)(H,102,122)(H,103,125)(H,113,114)(H,115,116)(H4,87,88,89)/t54-,55-,56-,57-,58-,59-,60-,61-,62-,63-,64-/m0/s1. The van der Waals surface area contributed by atoms with Crippen LogP contribution in [-0.4, -0.2) is 287 Å². The van der Waals surface area contributed by atoms with Crippen LogP contribution in [0.2, 0.25) is 0 Å². The van der Waals surface area contributed by atoms with Crippen LogP contribution in [0, 0.1) is 22.7 Å². The van der Waals surface area contributed by atoms with Gasteiger partial charge in [0.25, 0.3) is 0 Å². The molecule has 700 valence electrons. The first kappa shape index (κ1) is 102. The largest absolute Gasteiger partial charge is 0.481 e. The van der Waals surface area contributed by atoms with Crippen LogP contribution in [0.15, 0.2) is 85.2 Å². The highest BCUT2D eigenvalue weighted by atomic mass is 32.2. The molecule has 3 aliphatic heterocycles. The number of fused-ring (bicyclic) bond motifs is 9. The average molecular weight is 1860 g/mol. The molecule has 130 heavy (non-hydrogen) atoms. The fourth-order valence-electron chi connectivity index (χ4n) is 14.2. The third kappa shape index (κ3) is 32.3. The smallest absolute Gasteiger partial charge is 0.305 e. The number of benzene rings is 3. The molecule has 3 aromatic carbocycles. The number of H-pyrrole nitrogens is 2. The number of carbonyl (C=O) groups is 19. The monoisotopic (exact) mass is 1860 g/mol. The minimum absolute atomic E-state index is 0.00448. The zero-order valence-corrected chi connectivity index (χ0v) is 74.0. The molecule has 17 amide bonds. The van der Waals surface area contributed by atoms with E-state index in [2.05, 4.69) is 79.1 Å². The lowest BCUT2D eigenvalue weighted by Gasteiger charge is -2.42. The molecule has 44 nitrogen and oxygen atoms in total. The summed E-state index contributed by atoms with van der Waals surface area (Å²) in [5.74, 6) is -22.6. The molecule has 0 aliphatic carbocycles. The van der Waals surface area contributed by atoms with E-state index in [0.717, 1.165) is 47.1 Å². The number of carboxylic acids is 2. The van der Waals surface area contributed by atoms with Gasteiger partial charge in [-0.15, -0.1) is 0 Å². The van der Waals surface area contributed by atoms with Crippen molar-refractivity contribution >= 4 is 175 Å². The quantitative estimate of drug-likeness (QED) is 0.0179. The summed E-state index contributed by atoms with van der Waals surface area (Å²) in [6, 6.07) is 2.59. The number of nitrogens with two attached hydrogens (primary N) is 3. The van der Waals surface area contributed by atoms with Gasteiger partial charge < -0.3 is 121 Å². The van der Waals surface area contributed by atoms with Crippen LogP contribution in [0.1, 0.15) is 114 Å². The maximum atomic E-state index is 15.5. The van der Waals surface area contributed by atoms with E-state index in [1.54, 1.807) is 68.6 Å². The van der Waals surface area contributed by atoms with Gasteiger partial charge in [-0.05, 0) is 79.0 Å². The van der Waals surface area contributed by atoms with Gasteiger partial charge in [0, 0.05) is 134 Å². The third-order valence-electron chi connectivity index (χ3n) is 20.9. The third-order valence-corrected chi connectivity index (χ3v) is 24.1. The van der Waals surface area contributed by atoms with Crippen LogP contribution in [-0.2, 0) is 110 Å². The summed E-state index contributed by atoms with van der Waals surface area (Å²) in [6.45, 7) is 2.20. The highest BCUT2D eigenvalue weighted by molar-refractivity contribution is 7.99. The minimum atomic E-state index is -2.22. The average Bonchev–Trinajstić information content (AvgIpc) is 1.45. The molecule has 8 rings (SSSR count). The number of guanidine groups is 1. The Labute approximate surface area is 758 Å². The second-order valence-corrected chi connectivity index (χ2v) is 35.0. The fourth-order valence-corrected chi connectivity index (χ4v) is 17.1. The lowest BCUT2D eigenvalue weighted by Crippen LogP contribution is -2.61. The van der Waals surface area contributed by atoms with E-state index < -0.39 is 268 Å². The number of rotatable bonds is 22. The lowest BCUT2D eigenvalue weighted by molar-refractivity contribution is -0.158. The van der Waals surface area contributed by atoms with Crippen LogP contribution in [0.25, 0.3) is 21.8 Å². The van der Waals surface area contributed by atoms with Crippen molar-refractivity contribution in [1.82, 2.24) is 93.8 Å². The number of aliphatic carboxylic acids is 2. The van der Waals surface area contributed by atoms with Gasteiger partial charge in [-0.1, -0.05) is 62.4 Å². The molecule has 0 radical (unpaired) electrons. The molecule has 47 heteroatoms. The van der Waals surface area contributed by atoms with Crippen molar-refractivity contribution in [3.63, 3.8) is 0 Å². The molecule has 3 fully saturated rings. The van der Waals surface area contributed by atoms with Crippen LogP contribution >= 0.6 is 35.3 Å². The van der Waals surface area contributed by atoms with E-state index in [0.29, 0.717) is 38.5 Å². The molecule has 0 saturated carbocycles. The molecule has 0 spiro atoms. The van der Waals surface area contributed by atoms with Gasteiger partial charge >= 0.3 is 11.9 Å². The first-order valence-electron chi connectivity index (χ1n) is 41.7. The number of para-hydroxylation sites is 2. The van der Waals surface area contributed by atoms with Crippen LogP contribution < -0.4 is 86.3 Å². The molecular formula is C83H109N23O21S3. The molecule has 3 aliphatic rings. The van der Waals surface area contributed by atoms with E-state index >= 15 is 19.2 Å². The maximum Gasteiger partial charge on any atom is 0.305 e. The number of amides is 17. The zero-order chi connectivity index (χ0) is 94.8. The predicted octanol–water partition coefficient (Wildman–Crippen LogP) is -3.81. The first-order chi connectivity index (χ1) is 61.9. The molecule has 5 aromatic rings. The van der Waals surface area contributed by atoms with Gasteiger partial charge in [-0.3, -0.25) is 96.5 Å². The number of hydrogen-bond acceptors (Lipinski definition) is 24. The van der Waals surface area contributed by atoms with Crippen LogP contribution in [0.3, 0.4) is 0 Å². The van der Waals surface area contributed by atoms with Crippen molar-refractivity contribution in [2.75, 3.05) is 67.6 Å². The second-order valence-electron chi connectivity index (χ2n) is 31.5.